The molecule has 1 aromatic rings. The molecule has 5 nitrogen and oxygen atoms in total. The van der Waals surface area contributed by atoms with Crippen LogP contribution in [0.3, 0.4) is 0 Å². The SMILES string of the molecule is CCC(CCO)NC(=O)c1ccc(OC)cc1N. The number of ether oxygens (including phenoxy) is 1. The van der Waals surface area contributed by atoms with E-state index in [0.29, 0.717) is 23.4 Å². The van der Waals surface area contributed by atoms with Gasteiger partial charge in [0.25, 0.3) is 5.91 Å². The van der Waals surface area contributed by atoms with Crippen LogP contribution in [0.4, 0.5) is 5.69 Å². The van der Waals surface area contributed by atoms with Crippen LogP contribution in [0.25, 0.3) is 0 Å². The Bertz CT molecular complexity index is 407. The molecular formula is C13H20N2O3. The molecule has 0 bridgehead atoms. The molecule has 100 valence electrons. The van der Waals surface area contributed by atoms with Crippen molar-refractivity contribution in [3.05, 3.63) is 23.8 Å². The van der Waals surface area contributed by atoms with Crippen LogP contribution in [0.1, 0.15) is 30.1 Å². The fraction of sp³-hybridized carbons (Fsp3) is 0.462. The van der Waals surface area contributed by atoms with Crippen LogP contribution in [-0.2, 0) is 0 Å². The smallest absolute Gasteiger partial charge is 0.253 e. The summed E-state index contributed by atoms with van der Waals surface area (Å²) in [5.74, 6) is 0.391. The highest BCUT2D eigenvalue weighted by Crippen LogP contribution is 2.19. The van der Waals surface area contributed by atoms with Gasteiger partial charge in [-0.1, -0.05) is 6.92 Å². The first-order chi connectivity index (χ1) is 8.62. The van der Waals surface area contributed by atoms with Crippen LogP contribution in [0, 0.1) is 0 Å². The molecule has 0 heterocycles. The molecule has 0 aliphatic rings. The third-order valence-corrected chi connectivity index (χ3v) is 2.81. The number of amides is 1. The Labute approximate surface area is 107 Å². The molecule has 0 aromatic heterocycles. The van der Waals surface area contributed by atoms with E-state index in [1.165, 1.54) is 0 Å². The highest BCUT2D eigenvalue weighted by Gasteiger charge is 2.14. The monoisotopic (exact) mass is 252 g/mol. The summed E-state index contributed by atoms with van der Waals surface area (Å²) in [5.41, 5.74) is 6.60. The molecule has 0 saturated heterocycles. The molecule has 1 rings (SSSR count). The van der Waals surface area contributed by atoms with Crippen molar-refractivity contribution in [2.24, 2.45) is 0 Å². The fourth-order valence-corrected chi connectivity index (χ4v) is 1.67. The summed E-state index contributed by atoms with van der Waals surface area (Å²) in [5, 5.41) is 11.7. The molecule has 0 saturated carbocycles. The summed E-state index contributed by atoms with van der Waals surface area (Å²) in [4.78, 5) is 12.0. The largest absolute Gasteiger partial charge is 0.497 e. The van der Waals surface area contributed by atoms with E-state index >= 15 is 0 Å². The minimum Gasteiger partial charge on any atom is -0.497 e. The zero-order chi connectivity index (χ0) is 13.5. The normalized spacial score (nSPS) is 11.9. The average Bonchev–Trinajstić information content (AvgIpc) is 2.37. The first-order valence-electron chi connectivity index (χ1n) is 5.97. The second kappa shape index (κ2) is 6.86. The molecule has 1 atom stereocenters. The maximum absolute atomic E-state index is 12.0. The zero-order valence-electron chi connectivity index (χ0n) is 10.8. The second-order valence-corrected chi connectivity index (χ2v) is 4.04. The van der Waals surface area contributed by atoms with Gasteiger partial charge in [0.15, 0.2) is 0 Å². The molecule has 0 fully saturated rings. The summed E-state index contributed by atoms with van der Waals surface area (Å²) in [6.07, 6.45) is 1.31. The van der Waals surface area contributed by atoms with E-state index in [4.69, 9.17) is 15.6 Å². The van der Waals surface area contributed by atoms with Crippen LogP contribution in [-0.4, -0.2) is 30.8 Å². The number of nitrogens with two attached hydrogens (primary N) is 1. The Morgan fingerprint density at radius 3 is 2.78 bits per heavy atom. The lowest BCUT2D eigenvalue weighted by atomic mass is 10.1. The molecule has 0 aliphatic carbocycles. The molecule has 0 radical (unpaired) electrons. The number of hydrogen-bond acceptors (Lipinski definition) is 4. The number of nitrogens with one attached hydrogen (secondary N) is 1. The fourth-order valence-electron chi connectivity index (χ4n) is 1.67. The quantitative estimate of drug-likeness (QED) is 0.663. The number of rotatable bonds is 6. The van der Waals surface area contributed by atoms with Crippen molar-refractivity contribution in [1.29, 1.82) is 0 Å². The second-order valence-electron chi connectivity index (χ2n) is 4.04. The minimum atomic E-state index is -0.226. The lowest BCUT2D eigenvalue weighted by Gasteiger charge is -2.16. The van der Waals surface area contributed by atoms with E-state index in [-0.39, 0.29) is 18.6 Å². The topological polar surface area (TPSA) is 84.6 Å². The molecular weight excluding hydrogens is 232 g/mol. The van der Waals surface area contributed by atoms with Crippen LogP contribution >= 0.6 is 0 Å². The lowest BCUT2D eigenvalue weighted by Crippen LogP contribution is -2.35. The number of anilines is 1. The van der Waals surface area contributed by atoms with Gasteiger partial charge in [0.05, 0.1) is 12.7 Å². The van der Waals surface area contributed by atoms with Crippen molar-refractivity contribution >= 4 is 11.6 Å². The maximum atomic E-state index is 12.0. The number of methoxy groups -OCH3 is 1. The van der Waals surface area contributed by atoms with E-state index in [9.17, 15) is 4.79 Å². The molecule has 18 heavy (non-hydrogen) atoms. The third kappa shape index (κ3) is 3.63. The Morgan fingerprint density at radius 1 is 1.56 bits per heavy atom. The minimum absolute atomic E-state index is 0.0380. The van der Waals surface area contributed by atoms with E-state index in [1.807, 2.05) is 6.92 Å². The van der Waals surface area contributed by atoms with Crippen molar-refractivity contribution in [2.75, 3.05) is 19.5 Å². The Kier molecular flexibility index (Phi) is 5.45. The third-order valence-electron chi connectivity index (χ3n) is 2.81. The van der Waals surface area contributed by atoms with Crippen molar-refractivity contribution in [2.45, 2.75) is 25.8 Å². The predicted molar refractivity (Wildman–Crippen MR) is 70.7 cm³/mol. The molecule has 4 N–H and O–H groups in total. The number of hydrogen-bond donors (Lipinski definition) is 3. The molecule has 0 aliphatic heterocycles. The van der Waals surface area contributed by atoms with Crippen LogP contribution in [0.2, 0.25) is 0 Å². The van der Waals surface area contributed by atoms with Crippen molar-refractivity contribution < 1.29 is 14.6 Å². The molecule has 1 unspecified atom stereocenters. The molecule has 0 spiro atoms. The average molecular weight is 252 g/mol. The summed E-state index contributed by atoms with van der Waals surface area (Å²) in [6, 6.07) is 4.90. The number of nitrogen functional groups attached to an aromatic ring is 1. The van der Waals surface area contributed by atoms with Crippen molar-refractivity contribution in [1.82, 2.24) is 5.32 Å². The van der Waals surface area contributed by atoms with Crippen LogP contribution in [0.5, 0.6) is 5.75 Å². The first kappa shape index (κ1) is 14.3. The standard InChI is InChI=1S/C13H20N2O3/c1-3-9(6-7-16)15-13(17)11-5-4-10(18-2)8-12(11)14/h4-5,8-9,16H,3,6-7,14H2,1-2H3,(H,15,17). The van der Waals surface area contributed by atoms with Gasteiger partial charge in [-0.3, -0.25) is 4.79 Å². The van der Waals surface area contributed by atoms with Crippen molar-refractivity contribution in [3.8, 4) is 5.75 Å². The predicted octanol–water partition coefficient (Wildman–Crippen LogP) is 1.17. The van der Waals surface area contributed by atoms with Gasteiger partial charge in [-0.2, -0.15) is 0 Å². The van der Waals surface area contributed by atoms with E-state index < -0.39 is 0 Å². The Hall–Kier alpha value is -1.75. The lowest BCUT2D eigenvalue weighted by molar-refractivity contribution is 0.0930. The van der Waals surface area contributed by atoms with E-state index in [0.717, 1.165) is 6.42 Å². The van der Waals surface area contributed by atoms with Crippen LogP contribution in [0.15, 0.2) is 18.2 Å². The summed E-state index contributed by atoms with van der Waals surface area (Å²) in [7, 11) is 1.54. The number of carbonyl (C=O) groups excluding carboxylic acids is 1. The number of aliphatic hydroxyl groups excluding tert-OH is 1. The summed E-state index contributed by atoms with van der Waals surface area (Å²) >= 11 is 0. The molecule has 5 heteroatoms. The van der Waals surface area contributed by atoms with Gasteiger partial charge in [0.1, 0.15) is 5.75 Å². The van der Waals surface area contributed by atoms with Gasteiger partial charge in [-0.05, 0) is 25.0 Å². The van der Waals surface area contributed by atoms with Gasteiger partial charge in [0.2, 0.25) is 0 Å². The van der Waals surface area contributed by atoms with Gasteiger partial charge in [-0.25, -0.2) is 0 Å². The number of aliphatic hydroxyl groups is 1. The summed E-state index contributed by atoms with van der Waals surface area (Å²) in [6.45, 7) is 2.01. The molecule has 1 amide bonds. The van der Waals surface area contributed by atoms with Gasteiger partial charge in [-0.15, -0.1) is 0 Å². The first-order valence-corrected chi connectivity index (χ1v) is 5.97. The van der Waals surface area contributed by atoms with Gasteiger partial charge < -0.3 is 20.9 Å². The Morgan fingerprint density at radius 2 is 2.28 bits per heavy atom. The number of benzene rings is 1. The Balaban J connectivity index is 2.77. The zero-order valence-corrected chi connectivity index (χ0v) is 10.8. The van der Waals surface area contributed by atoms with E-state index in [2.05, 4.69) is 5.32 Å². The van der Waals surface area contributed by atoms with Gasteiger partial charge in [0, 0.05) is 24.4 Å². The maximum Gasteiger partial charge on any atom is 0.253 e. The van der Waals surface area contributed by atoms with Gasteiger partial charge >= 0.3 is 0 Å². The summed E-state index contributed by atoms with van der Waals surface area (Å²) < 4.78 is 5.03. The van der Waals surface area contributed by atoms with Crippen molar-refractivity contribution in [3.63, 3.8) is 0 Å². The van der Waals surface area contributed by atoms with E-state index in [1.54, 1.807) is 25.3 Å². The molecule has 1 aromatic carbocycles. The number of carbonyl (C=O) groups is 1. The highest BCUT2D eigenvalue weighted by molar-refractivity contribution is 5.99. The van der Waals surface area contributed by atoms with Crippen LogP contribution < -0.4 is 15.8 Å². The highest BCUT2D eigenvalue weighted by atomic mass is 16.5.